The summed E-state index contributed by atoms with van der Waals surface area (Å²) in [5.74, 6) is 0. The normalized spacial score (nSPS) is 16.5. The predicted octanol–water partition coefficient (Wildman–Crippen LogP) is 4.77. The van der Waals surface area contributed by atoms with Crippen LogP contribution in [-0.2, 0) is 11.3 Å². The standard InChI is InChI=1S/C23H17Cl2N5O2/c24-15-8-7-13(10-16(15)25)30-21-19(20-22(30)28-18-6-2-1-5-17(18)27-20)23(31)29(12-26-21)11-14-4-3-9-32-14/h1-2,5-8,10,12,14H,3-4,9,11H2/t14-/m0/s1. The number of hydrogen-bond donors (Lipinski definition) is 0. The molecule has 1 aliphatic rings. The highest BCUT2D eigenvalue weighted by molar-refractivity contribution is 6.42. The SMILES string of the molecule is O=c1c2c3nc4ccccc4nc3n(-c3ccc(Cl)c(Cl)c3)c2ncn1C[C@@H]1CCCO1. The molecule has 2 aromatic carbocycles. The lowest BCUT2D eigenvalue weighted by Gasteiger charge is -2.11. The number of benzene rings is 2. The molecular weight excluding hydrogens is 449 g/mol. The minimum atomic E-state index is -0.168. The molecule has 9 heteroatoms. The fraction of sp³-hybridized carbons (Fsp3) is 0.217. The minimum Gasteiger partial charge on any atom is -0.376 e. The van der Waals surface area contributed by atoms with Gasteiger partial charge in [-0.1, -0.05) is 35.3 Å². The van der Waals surface area contributed by atoms with Crippen LogP contribution in [0.2, 0.25) is 10.0 Å². The molecule has 1 saturated heterocycles. The Balaban J connectivity index is 1.69. The third-order valence-electron chi connectivity index (χ3n) is 5.82. The van der Waals surface area contributed by atoms with E-state index in [4.69, 9.17) is 37.9 Å². The molecule has 32 heavy (non-hydrogen) atoms. The highest BCUT2D eigenvalue weighted by atomic mass is 35.5. The topological polar surface area (TPSA) is 74.8 Å². The van der Waals surface area contributed by atoms with Gasteiger partial charge in [-0.05, 0) is 43.2 Å². The summed E-state index contributed by atoms with van der Waals surface area (Å²) < 4.78 is 9.13. The summed E-state index contributed by atoms with van der Waals surface area (Å²) in [5.41, 5.74) is 3.49. The van der Waals surface area contributed by atoms with Gasteiger partial charge in [-0.25, -0.2) is 15.0 Å². The van der Waals surface area contributed by atoms with Crippen LogP contribution >= 0.6 is 23.2 Å². The molecule has 0 bridgehead atoms. The Morgan fingerprint density at radius 3 is 2.59 bits per heavy atom. The summed E-state index contributed by atoms with van der Waals surface area (Å²) in [5, 5.41) is 1.27. The molecule has 0 amide bonds. The summed E-state index contributed by atoms with van der Waals surface area (Å²) in [6, 6.07) is 12.8. The van der Waals surface area contributed by atoms with Crippen molar-refractivity contribution in [2.75, 3.05) is 6.61 Å². The van der Waals surface area contributed by atoms with Crippen LogP contribution in [0.1, 0.15) is 12.8 Å². The molecular formula is C23H17Cl2N5O2. The average molecular weight is 466 g/mol. The molecule has 0 unspecified atom stereocenters. The Labute approximate surface area is 192 Å². The van der Waals surface area contributed by atoms with E-state index in [1.165, 1.54) is 0 Å². The zero-order chi connectivity index (χ0) is 21.8. The summed E-state index contributed by atoms with van der Waals surface area (Å²) >= 11 is 12.4. The van der Waals surface area contributed by atoms with Crippen molar-refractivity contribution in [3.8, 4) is 5.69 Å². The van der Waals surface area contributed by atoms with Crippen LogP contribution in [0, 0.1) is 0 Å². The third-order valence-corrected chi connectivity index (χ3v) is 6.56. The largest absolute Gasteiger partial charge is 0.376 e. The van der Waals surface area contributed by atoms with Crippen molar-refractivity contribution < 1.29 is 4.74 Å². The Morgan fingerprint density at radius 2 is 1.84 bits per heavy atom. The average Bonchev–Trinajstić information content (AvgIpc) is 3.42. The second-order valence-electron chi connectivity index (χ2n) is 7.85. The van der Waals surface area contributed by atoms with Crippen molar-refractivity contribution in [1.82, 2.24) is 24.1 Å². The lowest BCUT2D eigenvalue weighted by atomic mass is 10.2. The monoisotopic (exact) mass is 465 g/mol. The van der Waals surface area contributed by atoms with E-state index in [9.17, 15) is 4.79 Å². The number of rotatable bonds is 3. The maximum absolute atomic E-state index is 13.6. The molecule has 4 heterocycles. The van der Waals surface area contributed by atoms with Gasteiger partial charge in [0.1, 0.15) is 17.2 Å². The Morgan fingerprint density at radius 1 is 1.03 bits per heavy atom. The van der Waals surface area contributed by atoms with Crippen LogP contribution in [0.25, 0.3) is 38.9 Å². The zero-order valence-corrected chi connectivity index (χ0v) is 18.3. The van der Waals surface area contributed by atoms with Crippen LogP contribution in [-0.4, -0.2) is 36.8 Å². The molecule has 160 valence electrons. The number of nitrogens with zero attached hydrogens (tertiary/aromatic N) is 5. The summed E-state index contributed by atoms with van der Waals surface area (Å²) in [4.78, 5) is 27.9. The Bertz CT molecular complexity index is 1570. The van der Waals surface area contributed by atoms with Crippen LogP contribution in [0.15, 0.2) is 53.6 Å². The van der Waals surface area contributed by atoms with Gasteiger partial charge in [-0.2, -0.15) is 0 Å². The van der Waals surface area contributed by atoms with Gasteiger partial charge in [0, 0.05) is 6.61 Å². The second kappa shape index (κ2) is 7.55. The van der Waals surface area contributed by atoms with Gasteiger partial charge in [0.2, 0.25) is 0 Å². The molecule has 0 saturated carbocycles. The quantitative estimate of drug-likeness (QED) is 0.383. The lowest BCUT2D eigenvalue weighted by Crippen LogP contribution is -2.26. The molecule has 5 aromatic rings. The minimum absolute atomic E-state index is 0.0160. The van der Waals surface area contributed by atoms with E-state index in [-0.39, 0.29) is 11.7 Å². The molecule has 0 spiro atoms. The smallest absolute Gasteiger partial charge is 0.265 e. The third kappa shape index (κ3) is 3.08. The highest BCUT2D eigenvalue weighted by Crippen LogP contribution is 2.31. The first kappa shape index (κ1) is 19.7. The van der Waals surface area contributed by atoms with Crippen molar-refractivity contribution in [3.63, 3.8) is 0 Å². The van der Waals surface area contributed by atoms with E-state index < -0.39 is 0 Å². The molecule has 0 N–H and O–H groups in total. The molecule has 3 aromatic heterocycles. The first-order chi connectivity index (χ1) is 15.6. The number of hydrogen-bond acceptors (Lipinski definition) is 5. The summed E-state index contributed by atoms with van der Waals surface area (Å²) in [6.07, 6.45) is 3.52. The predicted molar refractivity (Wildman–Crippen MR) is 125 cm³/mol. The van der Waals surface area contributed by atoms with Crippen molar-refractivity contribution in [2.45, 2.75) is 25.5 Å². The van der Waals surface area contributed by atoms with Gasteiger partial charge in [0.15, 0.2) is 11.3 Å². The molecule has 1 aliphatic heterocycles. The molecule has 1 fully saturated rings. The number of para-hydroxylation sites is 2. The van der Waals surface area contributed by atoms with E-state index in [1.807, 2.05) is 34.9 Å². The van der Waals surface area contributed by atoms with E-state index in [1.54, 1.807) is 23.0 Å². The fourth-order valence-corrected chi connectivity index (χ4v) is 4.57. The first-order valence-electron chi connectivity index (χ1n) is 10.3. The van der Waals surface area contributed by atoms with Gasteiger partial charge < -0.3 is 4.74 Å². The molecule has 0 radical (unpaired) electrons. The van der Waals surface area contributed by atoms with Crippen LogP contribution < -0.4 is 5.56 Å². The van der Waals surface area contributed by atoms with Crippen LogP contribution in [0.3, 0.4) is 0 Å². The number of ether oxygens (including phenoxy) is 1. The van der Waals surface area contributed by atoms with Gasteiger partial charge in [0.05, 0.1) is 39.4 Å². The first-order valence-corrected chi connectivity index (χ1v) is 11.1. The number of aromatic nitrogens is 5. The second-order valence-corrected chi connectivity index (χ2v) is 8.67. The zero-order valence-electron chi connectivity index (χ0n) is 16.8. The Hall–Kier alpha value is -3.00. The maximum Gasteiger partial charge on any atom is 0.265 e. The Kier molecular flexibility index (Phi) is 4.64. The lowest BCUT2D eigenvalue weighted by molar-refractivity contribution is 0.0960. The molecule has 1 atom stereocenters. The van der Waals surface area contributed by atoms with Crippen molar-refractivity contribution in [2.24, 2.45) is 0 Å². The maximum atomic E-state index is 13.6. The molecule has 0 aliphatic carbocycles. The molecule has 7 nitrogen and oxygen atoms in total. The van der Waals surface area contributed by atoms with E-state index >= 15 is 0 Å². The molecule has 6 rings (SSSR count). The van der Waals surface area contributed by atoms with E-state index in [0.717, 1.165) is 25.0 Å². The van der Waals surface area contributed by atoms with Gasteiger partial charge in [0.25, 0.3) is 5.56 Å². The highest BCUT2D eigenvalue weighted by Gasteiger charge is 2.23. The van der Waals surface area contributed by atoms with Crippen molar-refractivity contribution in [1.29, 1.82) is 0 Å². The summed E-state index contributed by atoms with van der Waals surface area (Å²) in [6.45, 7) is 1.19. The fourth-order valence-electron chi connectivity index (χ4n) is 4.28. The van der Waals surface area contributed by atoms with E-state index in [2.05, 4.69) is 4.98 Å². The summed E-state index contributed by atoms with van der Waals surface area (Å²) in [7, 11) is 0. The van der Waals surface area contributed by atoms with Gasteiger partial charge in [-0.15, -0.1) is 0 Å². The number of halogens is 2. The van der Waals surface area contributed by atoms with Gasteiger partial charge >= 0.3 is 0 Å². The van der Waals surface area contributed by atoms with Crippen molar-refractivity contribution >= 4 is 56.4 Å². The van der Waals surface area contributed by atoms with Gasteiger partial charge in [-0.3, -0.25) is 13.9 Å². The van der Waals surface area contributed by atoms with Crippen LogP contribution in [0.4, 0.5) is 0 Å². The number of fused-ring (bicyclic) bond motifs is 4. The van der Waals surface area contributed by atoms with Crippen LogP contribution in [0.5, 0.6) is 0 Å². The van der Waals surface area contributed by atoms with E-state index in [0.29, 0.717) is 50.0 Å². The van der Waals surface area contributed by atoms with Crippen molar-refractivity contribution in [3.05, 3.63) is 69.2 Å².